The zero-order chi connectivity index (χ0) is 10.7. The minimum Gasteiger partial charge on any atom is -0.332 e. The molecule has 0 radical (unpaired) electrons. The largest absolute Gasteiger partial charge is 0.332 e. The first kappa shape index (κ1) is 9.69. The molecular formula is C11H9N3S. The first-order chi connectivity index (χ1) is 7.28. The van der Waals surface area contributed by atoms with Crippen LogP contribution in [-0.4, -0.2) is 4.98 Å². The molecule has 1 aromatic heterocycles. The molecule has 2 aromatic rings. The van der Waals surface area contributed by atoms with E-state index in [-0.39, 0.29) is 0 Å². The minimum atomic E-state index is 0.615. The second kappa shape index (κ2) is 4.11. The predicted molar refractivity (Wildman–Crippen MR) is 61.3 cm³/mol. The van der Waals surface area contributed by atoms with Gasteiger partial charge in [0.05, 0.1) is 6.20 Å². The molecule has 0 spiro atoms. The summed E-state index contributed by atoms with van der Waals surface area (Å²) < 4.78 is 0. The van der Waals surface area contributed by atoms with Gasteiger partial charge in [-0.15, -0.1) is 0 Å². The van der Waals surface area contributed by atoms with Crippen LogP contribution in [0, 0.1) is 18.3 Å². The van der Waals surface area contributed by atoms with E-state index < -0.39 is 0 Å². The van der Waals surface area contributed by atoms with Crippen LogP contribution < -0.4 is 5.32 Å². The van der Waals surface area contributed by atoms with Crippen LogP contribution in [0.2, 0.25) is 0 Å². The van der Waals surface area contributed by atoms with Crippen LogP contribution >= 0.6 is 11.3 Å². The first-order valence-electron chi connectivity index (χ1n) is 4.47. The molecule has 4 heteroatoms. The Kier molecular flexibility index (Phi) is 2.66. The standard InChI is InChI=1S/C11H9N3S/c1-8-2-4-9(5-3-8)14-11-13-7-10(6-12)15-11/h2-5,7H,1H3,(H,13,14). The van der Waals surface area contributed by atoms with E-state index in [9.17, 15) is 0 Å². The van der Waals surface area contributed by atoms with E-state index in [1.807, 2.05) is 31.2 Å². The van der Waals surface area contributed by atoms with Crippen LogP contribution in [0.15, 0.2) is 30.5 Å². The number of nitriles is 1. The number of hydrogen-bond acceptors (Lipinski definition) is 4. The van der Waals surface area contributed by atoms with Crippen molar-refractivity contribution in [3.05, 3.63) is 40.9 Å². The van der Waals surface area contributed by atoms with Gasteiger partial charge >= 0.3 is 0 Å². The van der Waals surface area contributed by atoms with E-state index in [1.165, 1.54) is 16.9 Å². The number of benzene rings is 1. The van der Waals surface area contributed by atoms with Crippen molar-refractivity contribution in [1.82, 2.24) is 4.98 Å². The smallest absolute Gasteiger partial charge is 0.188 e. The average Bonchev–Trinajstić information content (AvgIpc) is 2.69. The maximum absolute atomic E-state index is 8.65. The number of aryl methyl sites for hydroxylation is 1. The number of rotatable bonds is 2. The molecule has 0 amide bonds. The molecule has 3 nitrogen and oxygen atoms in total. The Morgan fingerprint density at radius 2 is 2.07 bits per heavy atom. The lowest BCUT2D eigenvalue weighted by molar-refractivity contribution is 1.37. The van der Waals surface area contributed by atoms with Crippen LogP contribution in [-0.2, 0) is 0 Å². The highest BCUT2D eigenvalue weighted by Crippen LogP contribution is 2.21. The monoisotopic (exact) mass is 215 g/mol. The fraction of sp³-hybridized carbons (Fsp3) is 0.0909. The first-order valence-corrected chi connectivity index (χ1v) is 5.29. The Morgan fingerprint density at radius 1 is 1.33 bits per heavy atom. The summed E-state index contributed by atoms with van der Waals surface area (Å²) >= 11 is 1.35. The summed E-state index contributed by atoms with van der Waals surface area (Å²) in [5.41, 5.74) is 2.21. The van der Waals surface area contributed by atoms with Crippen molar-refractivity contribution in [3.8, 4) is 6.07 Å². The summed E-state index contributed by atoms with van der Waals surface area (Å²) in [5.74, 6) is 0. The molecule has 0 aliphatic rings. The molecule has 0 saturated carbocycles. The summed E-state index contributed by atoms with van der Waals surface area (Å²) in [6.45, 7) is 2.04. The second-order valence-electron chi connectivity index (χ2n) is 3.13. The Labute approximate surface area is 92.0 Å². The summed E-state index contributed by atoms with van der Waals surface area (Å²) in [7, 11) is 0. The van der Waals surface area contributed by atoms with Crippen LogP contribution in [0.5, 0.6) is 0 Å². The maximum atomic E-state index is 8.65. The summed E-state index contributed by atoms with van der Waals surface area (Å²) in [6, 6.07) is 10.1. The molecule has 1 N–H and O–H groups in total. The van der Waals surface area contributed by atoms with E-state index in [0.717, 1.165) is 10.8 Å². The highest BCUT2D eigenvalue weighted by atomic mass is 32.1. The SMILES string of the molecule is Cc1ccc(Nc2ncc(C#N)s2)cc1. The van der Waals surface area contributed by atoms with Crippen molar-refractivity contribution in [3.63, 3.8) is 0 Å². The molecule has 2 rings (SSSR count). The lowest BCUT2D eigenvalue weighted by atomic mass is 10.2. The van der Waals surface area contributed by atoms with Gasteiger partial charge in [0, 0.05) is 5.69 Å². The van der Waals surface area contributed by atoms with Gasteiger partial charge in [0.25, 0.3) is 0 Å². The van der Waals surface area contributed by atoms with Crippen LogP contribution in [0.25, 0.3) is 0 Å². The number of nitrogens with zero attached hydrogens (tertiary/aromatic N) is 2. The normalized spacial score (nSPS) is 9.60. The maximum Gasteiger partial charge on any atom is 0.188 e. The Hall–Kier alpha value is -1.86. The number of aromatic nitrogens is 1. The predicted octanol–water partition coefficient (Wildman–Crippen LogP) is 3.07. The van der Waals surface area contributed by atoms with Gasteiger partial charge in [-0.3, -0.25) is 0 Å². The van der Waals surface area contributed by atoms with Gasteiger partial charge in [0.2, 0.25) is 0 Å². The third-order valence-corrected chi connectivity index (χ3v) is 2.74. The van der Waals surface area contributed by atoms with Crippen molar-refractivity contribution >= 4 is 22.2 Å². The number of nitrogens with one attached hydrogen (secondary N) is 1. The lowest BCUT2D eigenvalue weighted by Crippen LogP contribution is -1.88. The van der Waals surface area contributed by atoms with Gasteiger partial charge in [-0.1, -0.05) is 29.0 Å². The molecule has 0 unspecified atom stereocenters. The molecule has 0 saturated heterocycles. The van der Waals surface area contributed by atoms with Crippen molar-refractivity contribution in [2.45, 2.75) is 6.92 Å². The van der Waals surface area contributed by atoms with E-state index in [0.29, 0.717) is 4.88 Å². The van der Waals surface area contributed by atoms with Gasteiger partial charge < -0.3 is 5.32 Å². The van der Waals surface area contributed by atoms with Crippen LogP contribution in [0.1, 0.15) is 10.4 Å². The topological polar surface area (TPSA) is 48.7 Å². The van der Waals surface area contributed by atoms with Gasteiger partial charge in [0.15, 0.2) is 5.13 Å². The Balaban J connectivity index is 2.15. The average molecular weight is 215 g/mol. The van der Waals surface area contributed by atoms with Crippen molar-refractivity contribution in [1.29, 1.82) is 5.26 Å². The molecule has 15 heavy (non-hydrogen) atoms. The molecule has 1 aromatic carbocycles. The number of thiazole rings is 1. The lowest BCUT2D eigenvalue weighted by Gasteiger charge is -2.01. The molecular weight excluding hydrogens is 206 g/mol. The third kappa shape index (κ3) is 2.33. The Bertz CT molecular complexity index is 493. The Morgan fingerprint density at radius 3 is 2.67 bits per heavy atom. The molecule has 74 valence electrons. The van der Waals surface area contributed by atoms with Gasteiger partial charge in [-0.2, -0.15) is 5.26 Å². The molecule has 0 bridgehead atoms. The van der Waals surface area contributed by atoms with Gasteiger partial charge in [0.1, 0.15) is 10.9 Å². The third-order valence-electron chi connectivity index (χ3n) is 1.92. The summed E-state index contributed by atoms with van der Waals surface area (Å²) in [4.78, 5) is 4.71. The number of anilines is 2. The molecule has 0 aliphatic carbocycles. The van der Waals surface area contributed by atoms with Crippen LogP contribution in [0.3, 0.4) is 0 Å². The molecule has 0 fully saturated rings. The highest BCUT2D eigenvalue weighted by molar-refractivity contribution is 7.16. The van der Waals surface area contributed by atoms with Crippen LogP contribution in [0.4, 0.5) is 10.8 Å². The summed E-state index contributed by atoms with van der Waals surface area (Å²) in [6.07, 6.45) is 1.57. The van der Waals surface area contributed by atoms with Gasteiger partial charge in [-0.05, 0) is 19.1 Å². The van der Waals surface area contributed by atoms with Crippen molar-refractivity contribution < 1.29 is 0 Å². The molecule has 1 heterocycles. The van der Waals surface area contributed by atoms with E-state index >= 15 is 0 Å². The van der Waals surface area contributed by atoms with Crippen molar-refractivity contribution in [2.24, 2.45) is 0 Å². The van der Waals surface area contributed by atoms with E-state index in [1.54, 1.807) is 6.20 Å². The van der Waals surface area contributed by atoms with E-state index in [4.69, 9.17) is 5.26 Å². The molecule has 0 atom stereocenters. The zero-order valence-electron chi connectivity index (χ0n) is 8.19. The quantitative estimate of drug-likeness (QED) is 0.837. The van der Waals surface area contributed by atoms with Crippen molar-refractivity contribution in [2.75, 3.05) is 5.32 Å². The fourth-order valence-electron chi connectivity index (χ4n) is 1.14. The highest BCUT2D eigenvalue weighted by Gasteiger charge is 2.00. The number of hydrogen-bond donors (Lipinski definition) is 1. The summed E-state index contributed by atoms with van der Waals surface area (Å²) in [5, 5.41) is 12.5. The van der Waals surface area contributed by atoms with Gasteiger partial charge in [-0.25, -0.2) is 4.98 Å². The second-order valence-corrected chi connectivity index (χ2v) is 4.16. The zero-order valence-corrected chi connectivity index (χ0v) is 9.01. The fourth-order valence-corrected chi connectivity index (χ4v) is 1.78. The minimum absolute atomic E-state index is 0.615. The molecule has 0 aliphatic heterocycles. The van der Waals surface area contributed by atoms with E-state index in [2.05, 4.69) is 16.4 Å².